The van der Waals surface area contributed by atoms with Crippen LogP contribution in [0, 0.1) is 6.92 Å². The van der Waals surface area contributed by atoms with Gasteiger partial charge >= 0.3 is 5.97 Å². The molecule has 0 aliphatic carbocycles. The second kappa shape index (κ2) is 8.75. The van der Waals surface area contributed by atoms with E-state index in [1.807, 2.05) is 0 Å². The molecule has 9 heteroatoms. The highest BCUT2D eigenvalue weighted by molar-refractivity contribution is 7.92. The number of sulfonamides is 1. The lowest BCUT2D eigenvalue weighted by Gasteiger charge is -2.14. The molecule has 2 aromatic carbocycles. The standard InChI is InChI=1S/C19H22N2O6S/c1-13-11-14(9-10-17(13)27-12-18(22)21(2)3)28(24,25)20-16-8-6-5-7-15(16)19(23)26-4/h5-11,20H,12H2,1-4H3. The summed E-state index contributed by atoms with van der Waals surface area (Å²) in [6, 6.07) is 10.4. The van der Waals surface area contributed by atoms with E-state index in [2.05, 4.69) is 9.46 Å². The number of rotatable bonds is 7. The van der Waals surface area contributed by atoms with Crippen molar-refractivity contribution in [2.45, 2.75) is 11.8 Å². The van der Waals surface area contributed by atoms with E-state index in [1.165, 1.54) is 42.3 Å². The van der Waals surface area contributed by atoms with E-state index < -0.39 is 16.0 Å². The second-order valence-corrected chi connectivity index (χ2v) is 7.83. The second-order valence-electron chi connectivity index (χ2n) is 6.15. The van der Waals surface area contributed by atoms with Gasteiger partial charge in [0.05, 0.1) is 23.3 Å². The number of hydrogen-bond acceptors (Lipinski definition) is 6. The van der Waals surface area contributed by atoms with Gasteiger partial charge in [-0.05, 0) is 42.8 Å². The molecule has 0 spiro atoms. The summed E-state index contributed by atoms with van der Waals surface area (Å²) in [5.74, 6) is -0.454. The molecule has 0 heterocycles. The van der Waals surface area contributed by atoms with Gasteiger partial charge in [0.25, 0.3) is 15.9 Å². The van der Waals surface area contributed by atoms with E-state index in [9.17, 15) is 18.0 Å². The number of nitrogens with zero attached hydrogens (tertiary/aromatic N) is 1. The molecule has 0 saturated heterocycles. The van der Waals surface area contributed by atoms with Crippen molar-refractivity contribution in [2.75, 3.05) is 32.5 Å². The van der Waals surface area contributed by atoms with E-state index in [-0.39, 0.29) is 28.7 Å². The molecule has 2 rings (SSSR count). The lowest BCUT2D eigenvalue weighted by atomic mass is 10.2. The molecule has 0 aliphatic heterocycles. The fourth-order valence-electron chi connectivity index (χ4n) is 2.28. The minimum absolute atomic E-state index is 0.00375. The van der Waals surface area contributed by atoms with Crippen LogP contribution in [-0.4, -0.2) is 53.0 Å². The summed E-state index contributed by atoms with van der Waals surface area (Å²) >= 11 is 0. The predicted octanol–water partition coefficient (Wildman–Crippen LogP) is 2.05. The van der Waals surface area contributed by atoms with Gasteiger partial charge in [-0.2, -0.15) is 0 Å². The van der Waals surface area contributed by atoms with E-state index in [4.69, 9.17) is 4.74 Å². The zero-order chi connectivity index (χ0) is 20.9. The summed E-state index contributed by atoms with van der Waals surface area (Å²) in [7, 11) is 0.503. The normalized spacial score (nSPS) is 10.9. The molecule has 8 nitrogen and oxygen atoms in total. The molecular weight excluding hydrogens is 384 g/mol. The Hall–Kier alpha value is -3.07. The van der Waals surface area contributed by atoms with Gasteiger partial charge < -0.3 is 14.4 Å². The summed E-state index contributed by atoms with van der Waals surface area (Å²) in [6.07, 6.45) is 0. The Morgan fingerprint density at radius 1 is 1.11 bits per heavy atom. The van der Waals surface area contributed by atoms with Crippen molar-refractivity contribution in [1.29, 1.82) is 0 Å². The van der Waals surface area contributed by atoms with Crippen molar-refractivity contribution >= 4 is 27.6 Å². The Labute approximate surface area is 164 Å². The molecule has 0 aromatic heterocycles. The topological polar surface area (TPSA) is 102 Å². The number of anilines is 1. The Morgan fingerprint density at radius 3 is 2.39 bits per heavy atom. The first-order chi connectivity index (χ1) is 13.2. The number of hydrogen-bond donors (Lipinski definition) is 1. The van der Waals surface area contributed by atoms with E-state index in [0.29, 0.717) is 11.3 Å². The van der Waals surface area contributed by atoms with Crippen molar-refractivity contribution in [1.82, 2.24) is 4.90 Å². The van der Waals surface area contributed by atoms with Gasteiger partial charge in [0, 0.05) is 14.1 Å². The van der Waals surface area contributed by atoms with Gasteiger partial charge in [-0.1, -0.05) is 12.1 Å². The Balaban J connectivity index is 2.24. The lowest BCUT2D eigenvalue weighted by Crippen LogP contribution is -2.27. The molecule has 2 aromatic rings. The molecule has 1 amide bonds. The van der Waals surface area contributed by atoms with E-state index >= 15 is 0 Å². The molecule has 0 aliphatic rings. The van der Waals surface area contributed by atoms with Crippen molar-refractivity contribution < 1.29 is 27.5 Å². The maximum absolute atomic E-state index is 12.7. The third kappa shape index (κ3) is 5.01. The van der Waals surface area contributed by atoms with Crippen LogP contribution in [-0.2, 0) is 19.6 Å². The predicted molar refractivity (Wildman–Crippen MR) is 104 cm³/mol. The third-order valence-corrected chi connectivity index (χ3v) is 5.25. The van der Waals surface area contributed by atoms with Crippen molar-refractivity contribution in [3.63, 3.8) is 0 Å². The van der Waals surface area contributed by atoms with Crippen LogP contribution in [0.1, 0.15) is 15.9 Å². The summed E-state index contributed by atoms with van der Waals surface area (Å²) < 4.78 is 38.0. The monoisotopic (exact) mass is 406 g/mol. The molecule has 0 unspecified atom stereocenters. The van der Waals surface area contributed by atoms with Gasteiger partial charge in [0.15, 0.2) is 6.61 Å². The van der Waals surface area contributed by atoms with Crippen LogP contribution in [0.15, 0.2) is 47.4 Å². The van der Waals surface area contributed by atoms with E-state index in [1.54, 1.807) is 33.2 Å². The van der Waals surface area contributed by atoms with Crippen LogP contribution in [0.5, 0.6) is 5.75 Å². The maximum atomic E-state index is 12.7. The fraction of sp³-hybridized carbons (Fsp3) is 0.263. The molecule has 0 saturated carbocycles. The van der Waals surface area contributed by atoms with Gasteiger partial charge in [-0.3, -0.25) is 9.52 Å². The highest BCUT2D eigenvalue weighted by Crippen LogP contribution is 2.25. The average molecular weight is 406 g/mol. The van der Waals surface area contributed by atoms with E-state index in [0.717, 1.165) is 0 Å². The quantitative estimate of drug-likeness (QED) is 0.706. The molecular formula is C19H22N2O6S. The Morgan fingerprint density at radius 2 is 1.79 bits per heavy atom. The minimum atomic E-state index is -3.95. The van der Waals surface area contributed by atoms with Crippen molar-refractivity contribution in [3.05, 3.63) is 53.6 Å². The molecule has 150 valence electrons. The van der Waals surface area contributed by atoms with Gasteiger partial charge in [0.2, 0.25) is 0 Å². The molecule has 28 heavy (non-hydrogen) atoms. The van der Waals surface area contributed by atoms with Crippen molar-refractivity contribution in [3.8, 4) is 5.75 Å². The van der Waals surface area contributed by atoms with Gasteiger partial charge in [-0.15, -0.1) is 0 Å². The molecule has 0 fully saturated rings. The van der Waals surface area contributed by atoms with Crippen molar-refractivity contribution in [2.24, 2.45) is 0 Å². The number of carbonyl (C=O) groups excluding carboxylic acids is 2. The number of para-hydroxylation sites is 1. The van der Waals surface area contributed by atoms with Crippen LogP contribution in [0.2, 0.25) is 0 Å². The van der Waals surface area contributed by atoms with Crippen LogP contribution < -0.4 is 9.46 Å². The zero-order valence-corrected chi connectivity index (χ0v) is 16.9. The third-order valence-electron chi connectivity index (χ3n) is 3.88. The Kier molecular flexibility index (Phi) is 6.63. The number of carbonyl (C=O) groups is 2. The maximum Gasteiger partial charge on any atom is 0.339 e. The number of aryl methyl sites for hydroxylation is 1. The average Bonchev–Trinajstić information content (AvgIpc) is 2.66. The summed E-state index contributed by atoms with van der Waals surface area (Å²) in [5, 5.41) is 0. The molecule has 0 radical (unpaired) electrons. The lowest BCUT2D eigenvalue weighted by molar-refractivity contribution is -0.130. The summed E-state index contributed by atoms with van der Waals surface area (Å²) in [6.45, 7) is 1.53. The number of nitrogens with one attached hydrogen (secondary N) is 1. The first-order valence-corrected chi connectivity index (χ1v) is 9.78. The SMILES string of the molecule is COC(=O)c1ccccc1NS(=O)(=O)c1ccc(OCC(=O)N(C)C)c(C)c1. The number of likely N-dealkylation sites (N-methyl/N-ethyl adjacent to an activating group) is 1. The number of esters is 1. The number of methoxy groups -OCH3 is 1. The van der Waals surface area contributed by atoms with Crippen LogP contribution in [0.4, 0.5) is 5.69 Å². The number of benzene rings is 2. The number of ether oxygens (including phenoxy) is 2. The zero-order valence-electron chi connectivity index (χ0n) is 16.1. The Bertz CT molecular complexity index is 986. The van der Waals surface area contributed by atoms with Gasteiger partial charge in [-0.25, -0.2) is 13.2 Å². The molecule has 0 bridgehead atoms. The van der Waals surface area contributed by atoms with Gasteiger partial charge in [0.1, 0.15) is 5.75 Å². The fourth-order valence-corrected chi connectivity index (χ4v) is 3.45. The molecule has 0 atom stereocenters. The first-order valence-electron chi connectivity index (χ1n) is 8.29. The first kappa shape index (κ1) is 21.2. The summed E-state index contributed by atoms with van der Waals surface area (Å²) in [4.78, 5) is 24.8. The smallest absolute Gasteiger partial charge is 0.339 e. The van der Waals surface area contributed by atoms with Crippen LogP contribution in [0.3, 0.4) is 0 Å². The molecule has 1 N–H and O–H groups in total. The van der Waals surface area contributed by atoms with Crippen LogP contribution in [0.25, 0.3) is 0 Å². The minimum Gasteiger partial charge on any atom is -0.483 e. The van der Waals surface area contributed by atoms with Crippen LogP contribution >= 0.6 is 0 Å². The number of amides is 1. The largest absolute Gasteiger partial charge is 0.483 e. The summed E-state index contributed by atoms with van der Waals surface area (Å²) in [5.41, 5.74) is 0.770. The highest BCUT2D eigenvalue weighted by atomic mass is 32.2. The highest BCUT2D eigenvalue weighted by Gasteiger charge is 2.20.